The second-order valence-corrected chi connectivity index (χ2v) is 4.68. The predicted molar refractivity (Wildman–Crippen MR) is 70.2 cm³/mol. The number of amides is 1. The molecular weight excluding hydrogens is 271 g/mol. The molecule has 0 aliphatic heterocycles. The van der Waals surface area contributed by atoms with Crippen LogP contribution in [0.1, 0.15) is 26.3 Å². The molecule has 0 fully saturated rings. The Morgan fingerprint density at radius 1 is 1.20 bits per heavy atom. The van der Waals surface area contributed by atoms with E-state index in [1.54, 1.807) is 13.8 Å². The van der Waals surface area contributed by atoms with E-state index in [2.05, 4.69) is 5.32 Å². The minimum atomic E-state index is -4.41. The Balaban J connectivity index is 2.90. The zero-order chi connectivity index (χ0) is 15.5. The van der Waals surface area contributed by atoms with Crippen molar-refractivity contribution in [2.45, 2.75) is 26.9 Å². The standard InChI is InChI=1S/C14H16F3NO2/c1-8(2)12(9(3)19)13(20)18-11-6-4-10(5-7-11)14(15,16)17/h4-8,19H,1-3H3,(H,18,20)/b12-9-. The topological polar surface area (TPSA) is 49.3 Å². The molecule has 1 amide bonds. The lowest BCUT2D eigenvalue weighted by Crippen LogP contribution is -2.19. The Bertz CT molecular complexity index is 512. The maximum absolute atomic E-state index is 12.4. The van der Waals surface area contributed by atoms with Gasteiger partial charge >= 0.3 is 6.18 Å². The molecule has 20 heavy (non-hydrogen) atoms. The van der Waals surface area contributed by atoms with E-state index >= 15 is 0 Å². The van der Waals surface area contributed by atoms with Crippen LogP contribution in [-0.4, -0.2) is 11.0 Å². The van der Waals surface area contributed by atoms with E-state index in [9.17, 15) is 23.1 Å². The monoisotopic (exact) mass is 287 g/mol. The number of carbonyl (C=O) groups excluding carboxylic acids is 1. The van der Waals surface area contributed by atoms with Gasteiger partial charge < -0.3 is 10.4 Å². The van der Waals surface area contributed by atoms with Gasteiger partial charge in [-0.15, -0.1) is 0 Å². The highest BCUT2D eigenvalue weighted by molar-refractivity contribution is 6.04. The van der Waals surface area contributed by atoms with E-state index in [-0.39, 0.29) is 22.9 Å². The zero-order valence-corrected chi connectivity index (χ0v) is 11.4. The summed E-state index contributed by atoms with van der Waals surface area (Å²) in [5.74, 6) is -0.835. The fourth-order valence-electron chi connectivity index (χ4n) is 1.79. The highest BCUT2D eigenvalue weighted by atomic mass is 19.4. The van der Waals surface area contributed by atoms with Gasteiger partial charge in [0.1, 0.15) is 0 Å². The van der Waals surface area contributed by atoms with Gasteiger partial charge in [0.15, 0.2) is 0 Å². The average molecular weight is 287 g/mol. The van der Waals surface area contributed by atoms with Crippen molar-refractivity contribution >= 4 is 11.6 Å². The number of anilines is 1. The van der Waals surface area contributed by atoms with Crippen LogP contribution in [0.5, 0.6) is 0 Å². The molecule has 0 spiro atoms. The first-order chi connectivity index (χ1) is 9.12. The van der Waals surface area contributed by atoms with Crippen LogP contribution < -0.4 is 5.32 Å². The predicted octanol–water partition coefficient (Wildman–Crippen LogP) is 4.13. The summed E-state index contributed by atoms with van der Waals surface area (Å²) < 4.78 is 37.2. The first-order valence-electron chi connectivity index (χ1n) is 6.01. The van der Waals surface area contributed by atoms with E-state index < -0.39 is 17.6 Å². The SMILES string of the molecule is C/C(O)=C(/C(=O)Nc1ccc(C(F)(F)F)cc1)C(C)C. The van der Waals surface area contributed by atoms with Crippen LogP contribution in [-0.2, 0) is 11.0 Å². The summed E-state index contributed by atoms with van der Waals surface area (Å²) in [4.78, 5) is 11.9. The maximum Gasteiger partial charge on any atom is 0.416 e. The number of aliphatic hydroxyl groups is 1. The fourth-order valence-corrected chi connectivity index (χ4v) is 1.79. The molecule has 0 radical (unpaired) electrons. The molecule has 0 aliphatic carbocycles. The van der Waals surface area contributed by atoms with Crippen molar-refractivity contribution in [3.05, 3.63) is 41.2 Å². The van der Waals surface area contributed by atoms with Gasteiger partial charge in [-0.2, -0.15) is 13.2 Å². The van der Waals surface area contributed by atoms with E-state index in [4.69, 9.17) is 0 Å². The third-order valence-corrected chi connectivity index (χ3v) is 2.68. The lowest BCUT2D eigenvalue weighted by molar-refractivity contribution is -0.137. The molecule has 3 nitrogen and oxygen atoms in total. The number of benzene rings is 1. The summed E-state index contributed by atoms with van der Waals surface area (Å²) in [5.41, 5.74) is -0.347. The van der Waals surface area contributed by atoms with Crippen molar-refractivity contribution in [3.63, 3.8) is 0 Å². The van der Waals surface area contributed by atoms with Crippen molar-refractivity contribution in [1.29, 1.82) is 0 Å². The van der Waals surface area contributed by atoms with Gasteiger partial charge in [0.05, 0.1) is 16.9 Å². The summed E-state index contributed by atoms with van der Waals surface area (Å²) in [7, 11) is 0. The Labute approximate surface area is 115 Å². The van der Waals surface area contributed by atoms with E-state index in [1.165, 1.54) is 19.1 Å². The lowest BCUT2D eigenvalue weighted by atomic mass is 10.0. The molecule has 1 rings (SSSR count). The Morgan fingerprint density at radius 3 is 2.05 bits per heavy atom. The molecule has 0 saturated heterocycles. The van der Waals surface area contributed by atoms with Crippen LogP contribution in [0.4, 0.5) is 18.9 Å². The van der Waals surface area contributed by atoms with E-state index in [1.807, 2.05) is 0 Å². The quantitative estimate of drug-likeness (QED) is 0.648. The van der Waals surface area contributed by atoms with Gasteiger partial charge in [-0.25, -0.2) is 0 Å². The van der Waals surface area contributed by atoms with Crippen LogP contribution in [0.25, 0.3) is 0 Å². The van der Waals surface area contributed by atoms with Crippen LogP contribution in [0.2, 0.25) is 0 Å². The molecule has 6 heteroatoms. The van der Waals surface area contributed by atoms with Gasteiger partial charge in [-0.3, -0.25) is 4.79 Å². The molecule has 110 valence electrons. The molecule has 0 aromatic heterocycles. The Morgan fingerprint density at radius 2 is 1.70 bits per heavy atom. The van der Waals surface area contributed by atoms with Crippen molar-refractivity contribution in [2.75, 3.05) is 5.32 Å². The number of rotatable bonds is 3. The van der Waals surface area contributed by atoms with Crippen LogP contribution in [0.15, 0.2) is 35.6 Å². The normalized spacial score (nSPS) is 13.2. The third kappa shape index (κ3) is 4.01. The molecule has 0 bridgehead atoms. The molecule has 0 unspecified atom stereocenters. The largest absolute Gasteiger partial charge is 0.512 e. The lowest BCUT2D eigenvalue weighted by Gasteiger charge is -2.13. The minimum Gasteiger partial charge on any atom is -0.512 e. The van der Waals surface area contributed by atoms with Gasteiger partial charge in [0.25, 0.3) is 5.91 Å². The number of carbonyl (C=O) groups is 1. The number of halogens is 3. The summed E-state index contributed by atoms with van der Waals surface area (Å²) >= 11 is 0. The molecule has 0 aliphatic rings. The smallest absolute Gasteiger partial charge is 0.416 e. The number of nitrogens with one attached hydrogen (secondary N) is 1. The summed E-state index contributed by atoms with van der Waals surface area (Å²) in [6.07, 6.45) is -4.41. The number of hydrogen-bond donors (Lipinski definition) is 2. The molecule has 1 aromatic rings. The van der Waals surface area contributed by atoms with Gasteiger partial charge in [-0.1, -0.05) is 13.8 Å². The Kier molecular flexibility index (Phi) is 4.81. The van der Waals surface area contributed by atoms with Crippen molar-refractivity contribution in [2.24, 2.45) is 5.92 Å². The average Bonchev–Trinajstić information content (AvgIpc) is 2.26. The van der Waals surface area contributed by atoms with Crippen LogP contribution in [0, 0.1) is 5.92 Å². The minimum absolute atomic E-state index is 0.107. The highest BCUT2D eigenvalue weighted by Crippen LogP contribution is 2.30. The van der Waals surface area contributed by atoms with Crippen LogP contribution in [0.3, 0.4) is 0 Å². The molecule has 0 saturated carbocycles. The van der Waals surface area contributed by atoms with Gasteiger partial charge in [0, 0.05) is 5.69 Å². The van der Waals surface area contributed by atoms with Gasteiger partial charge in [-0.05, 0) is 37.1 Å². The Hall–Kier alpha value is -1.98. The summed E-state index contributed by atoms with van der Waals surface area (Å²) in [5, 5.41) is 11.9. The number of hydrogen-bond acceptors (Lipinski definition) is 2. The van der Waals surface area contributed by atoms with Gasteiger partial charge in [0.2, 0.25) is 0 Å². The van der Waals surface area contributed by atoms with E-state index in [0.717, 1.165) is 12.1 Å². The molecule has 0 heterocycles. The van der Waals surface area contributed by atoms with E-state index in [0.29, 0.717) is 0 Å². The number of allylic oxidation sites excluding steroid dienone is 1. The fraction of sp³-hybridized carbons (Fsp3) is 0.357. The second-order valence-electron chi connectivity index (χ2n) is 4.68. The molecule has 2 N–H and O–H groups in total. The molecule has 1 aromatic carbocycles. The first-order valence-corrected chi connectivity index (χ1v) is 6.01. The van der Waals surface area contributed by atoms with Crippen molar-refractivity contribution < 1.29 is 23.1 Å². The third-order valence-electron chi connectivity index (χ3n) is 2.68. The number of aliphatic hydroxyl groups excluding tert-OH is 1. The van der Waals surface area contributed by atoms with Crippen molar-refractivity contribution in [1.82, 2.24) is 0 Å². The molecule has 0 atom stereocenters. The molecular formula is C14H16F3NO2. The first kappa shape index (κ1) is 16.1. The number of alkyl halides is 3. The zero-order valence-electron chi connectivity index (χ0n) is 11.4. The summed E-state index contributed by atoms with van der Waals surface area (Å²) in [6.45, 7) is 4.87. The van der Waals surface area contributed by atoms with Crippen molar-refractivity contribution in [3.8, 4) is 0 Å². The maximum atomic E-state index is 12.4. The van der Waals surface area contributed by atoms with Crippen LogP contribution >= 0.6 is 0 Å². The summed E-state index contributed by atoms with van der Waals surface area (Å²) in [6, 6.07) is 4.12. The second kappa shape index (κ2) is 5.98. The highest BCUT2D eigenvalue weighted by Gasteiger charge is 2.30.